The molecule has 16 heteroatoms. The third-order valence-corrected chi connectivity index (χ3v) is 14.5. The number of amides is 3. The second kappa shape index (κ2) is 23.7. The Hall–Kier alpha value is -7.01. The van der Waals surface area contributed by atoms with Crippen molar-refractivity contribution in [3.05, 3.63) is 126 Å². The van der Waals surface area contributed by atoms with Gasteiger partial charge >= 0.3 is 0 Å². The number of hydrogen-bond acceptors (Lipinski definition) is 12. The maximum Gasteiger partial charge on any atom is 0.246 e. The number of nitrogens with one attached hydrogen (secondary N) is 2. The fourth-order valence-electron chi connectivity index (χ4n) is 9.39. The fraction of sp³-hybridized carbons (Fsp3) is 0.386. The zero-order chi connectivity index (χ0) is 51.6. The molecule has 0 saturated carbocycles. The number of hydrogen-bond donors (Lipinski definition) is 5. The number of fused-ring (bicyclic) bond motifs is 1. The van der Waals surface area contributed by atoms with E-state index >= 15 is 0 Å². The van der Waals surface area contributed by atoms with E-state index in [-0.39, 0.29) is 36.7 Å². The molecule has 1 aliphatic heterocycles. The molecule has 1 aliphatic rings. The van der Waals surface area contributed by atoms with E-state index in [0.29, 0.717) is 48.8 Å². The predicted molar refractivity (Wildman–Crippen MR) is 289 cm³/mol. The van der Waals surface area contributed by atoms with Crippen LogP contribution in [0.25, 0.3) is 49.9 Å². The van der Waals surface area contributed by atoms with Gasteiger partial charge in [-0.05, 0) is 97.3 Å². The first-order chi connectivity index (χ1) is 35.2. The standard InChI is InChI=1S/C57H68N10O5S/c1-36(39-21-23-40(24-22-39)50-37(2)61-35-73-50)62-55(70)48-32-43(68)34-66(48)56(71)51(57(3,4)5)65-49(69)18-11-9-7-6-8-10-12-30-72-44-16-13-15-41(31-44)46-27-28-47-54(63-46)67(42-25-19-38(33-58)20-26-42)53(64-47)45-17-14-29-60-52(45)59/h13-17,19-29,31,35-36,43,48,51,68H,6-12,18,30,32-34,58H2,1-5H3,(H2,59,60)(H,62,70)(H,65,69)/t36-,43+,48-,51+/m0/s1. The number of pyridine rings is 2. The lowest BCUT2D eigenvalue weighted by atomic mass is 9.85. The van der Waals surface area contributed by atoms with Gasteiger partial charge in [0.1, 0.15) is 29.2 Å². The Kier molecular flexibility index (Phi) is 17.0. The lowest BCUT2D eigenvalue weighted by molar-refractivity contribution is -0.144. The summed E-state index contributed by atoms with van der Waals surface area (Å²) in [7, 11) is 0. The van der Waals surface area contributed by atoms with Gasteiger partial charge in [-0.15, -0.1) is 11.3 Å². The van der Waals surface area contributed by atoms with Gasteiger partial charge in [-0.2, -0.15) is 0 Å². The Morgan fingerprint density at radius 2 is 1.60 bits per heavy atom. The van der Waals surface area contributed by atoms with E-state index < -0.39 is 23.6 Å². The van der Waals surface area contributed by atoms with E-state index in [4.69, 9.17) is 26.2 Å². The lowest BCUT2D eigenvalue weighted by Gasteiger charge is -2.35. The van der Waals surface area contributed by atoms with Gasteiger partial charge in [0, 0.05) is 43.4 Å². The molecule has 15 nitrogen and oxygen atoms in total. The Morgan fingerprint density at radius 3 is 2.30 bits per heavy atom. The number of nitrogen functional groups attached to an aromatic ring is 1. The number of aliphatic hydroxyl groups is 1. The first kappa shape index (κ1) is 52.3. The molecule has 1 saturated heterocycles. The summed E-state index contributed by atoms with van der Waals surface area (Å²) in [6, 6.07) is 29.7. The van der Waals surface area contributed by atoms with Crippen LogP contribution in [0.3, 0.4) is 0 Å². The molecular weight excluding hydrogens is 937 g/mol. The highest BCUT2D eigenvalue weighted by Gasteiger charge is 2.44. The quantitative estimate of drug-likeness (QED) is 0.0427. The van der Waals surface area contributed by atoms with E-state index in [1.165, 1.54) is 4.90 Å². The maximum absolute atomic E-state index is 14.1. The summed E-state index contributed by atoms with van der Waals surface area (Å²) in [6.07, 6.45) is 7.91. The minimum atomic E-state index is -0.860. The highest BCUT2D eigenvalue weighted by atomic mass is 32.1. The van der Waals surface area contributed by atoms with Crippen molar-refractivity contribution < 1.29 is 24.2 Å². The van der Waals surface area contributed by atoms with Crippen molar-refractivity contribution >= 4 is 46.0 Å². The summed E-state index contributed by atoms with van der Waals surface area (Å²) in [4.78, 5) is 62.4. The number of rotatable bonds is 21. The average molecular weight is 1010 g/mol. The third-order valence-electron chi connectivity index (χ3n) is 13.5. The number of ether oxygens (including phenoxy) is 1. The van der Waals surface area contributed by atoms with Crippen LogP contribution in [0, 0.1) is 12.3 Å². The van der Waals surface area contributed by atoms with Crippen LogP contribution in [-0.2, 0) is 20.9 Å². The molecule has 0 radical (unpaired) electrons. The number of unbranched alkanes of at least 4 members (excludes halogenated alkanes) is 6. The molecular formula is C57H68N10O5S. The Balaban J connectivity index is 0.766. The van der Waals surface area contributed by atoms with Gasteiger partial charge in [0.25, 0.3) is 0 Å². The van der Waals surface area contributed by atoms with Gasteiger partial charge < -0.3 is 36.8 Å². The van der Waals surface area contributed by atoms with Gasteiger partial charge in [-0.3, -0.25) is 19.0 Å². The van der Waals surface area contributed by atoms with Crippen molar-refractivity contribution in [2.24, 2.45) is 11.1 Å². The normalized spacial score (nSPS) is 15.6. The summed E-state index contributed by atoms with van der Waals surface area (Å²) in [5, 5.41) is 16.7. The van der Waals surface area contributed by atoms with Gasteiger partial charge in [-0.25, -0.2) is 19.9 Å². The maximum atomic E-state index is 14.1. The molecule has 382 valence electrons. The van der Waals surface area contributed by atoms with E-state index in [1.54, 1.807) is 17.5 Å². The monoisotopic (exact) mass is 1000 g/mol. The van der Waals surface area contributed by atoms with E-state index in [1.807, 2.05) is 142 Å². The number of imidazole rings is 1. The first-order valence-corrected chi connectivity index (χ1v) is 26.3. The smallest absolute Gasteiger partial charge is 0.246 e. The molecule has 3 aromatic carbocycles. The second-order valence-corrected chi connectivity index (χ2v) is 21.0. The molecule has 73 heavy (non-hydrogen) atoms. The van der Waals surface area contributed by atoms with Gasteiger partial charge in [0.05, 0.1) is 46.1 Å². The second-order valence-electron chi connectivity index (χ2n) is 20.1. The number of carbonyl (C=O) groups is 3. The van der Waals surface area contributed by atoms with Crippen molar-refractivity contribution in [3.8, 4) is 44.5 Å². The molecule has 4 atom stereocenters. The summed E-state index contributed by atoms with van der Waals surface area (Å²) in [6.45, 7) is 10.6. The van der Waals surface area contributed by atoms with Crippen molar-refractivity contribution in [3.63, 3.8) is 0 Å². The van der Waals surface area contributed by atoms with Crippen molar-refractivity contribution in [2.75, 3.05) is 18.9 Å². The third kappa shape index (κ3) is 12.8. The van der Waals surface area contributed by atoms with Crippen LogP contribution in [0.2, 0.25) is 0 Å². The molecule has 0 spiro atoms. The SMILES string of the molecule is Cc1ncsc1-c1ccc([C@H](C)NC(=O)[C@@H]2C[C@@H](O)CN2C(=O)[C@@H](NC(=O)CCCCCCCCCOc2cccc(-c3ccc4nc(-c5cccnc5N)n(-c5ccc(CN)cc5)c4n3)c2)C(C)(C)C)cc1. The molecule has 0 unspecified atom stereocenters. The number of anilines is 1. The Labute approximate surface area is 431 Å². The minimum Gasteiger partial charge on any atom is -0.494 e. The molecule has 4 aromatic heterocycles. The number of nitrogens with two attached hydrogens (primary N) is 2. The number of aryl methyl sites for hydroxylation is 1. The molecule has 7 aromatic rings. The highest BCUT2D eigenvalue weighted by molar-refractivity contribution is 7.13. The van der Waals surface area contributed by atoms with Gasteiger partial charge in [-0.1, -0.05) is 101 Å². The molecule has 7 N–H and O–H groups in total. The number of aromatic nitrogens is 5. The molecule has 0 aliphatic carbocycles. The molecule has 3 amide bonds. The number of benzene rings is 3. The van der Waals surface area contributed by atoms with Crippen LogP contribution in [0.4, 0.5) is 5.82 Å². The van der Waals surface area contributed by atoms with Crippen LogP contribution >= 0.6 is 11.3 Å². The van der Waals surface area contributed by atoms with E-state index in [9.17, 15) is 19.5 Å². The topological polar surface area (TPSA) is 216 Å². The largest absolute Gasteiger partial charge is 0.494 e. The number of β-amino-alcohol motifs (C(OH)–C–C–N with tert-alkyl or cyclic N) is 1. The van der Waals surface area contributed by atoms with Gasteiger partial charge in [0.2, 0.25) is 17.7 Å². The van der Waals surface area contributed by atoms with Crippen LogP contribution < -0.4 is 26.8 Å². The van der Waals surface area contributed by atoms with Gasteiger partial charge in [0.15, 0.2) is 11.5 Å². The fourth-order valence-corrected chi connectivity index (χ4v) is 10.2. The number of carbonyl (C=O) groups excluding carboxylic acids is 3. The predicted octanol–water partition coefficient (Wildman–Crippen LogP) is 9.49. The van der Waals surface area contributed by atoms with Crippen molar-refractivity contribution in [1.29, 1.82) is 0 Å². The molecule has 8 rings (SSSR count). The summed E-state index contributed by atoms with van der Waals surface area (Å²) in [5.41, 5.74) is 22.1. The highest BCUT2D eigenvalue weighted by Crippen LogP contribution is 2.34. The van der Waals surface area contributed by atoms with Crippen molar-refractivity contribution in [2.45, 2.75) is 123 Å². The zero-order valence-corrected chi connectivity index (χ0v) is 43.3. The number of nitrogens with zero attached hydrogens (tertiary/aromatic N) is 6. The van der Waals surface area contributed by atoms with Crippen LogP contribution in [0.1, 0.15) is 108 Å². The molecule has 5 heterocycles. The lowest BCUT2D eigenvalue weighted by Crippen LogP contribution is -2.57. The first-order valence-electron chi connectivity index (χ1n) is 25.4. The molecule has 0 bridgehead atoms. The van der Waals surface area contributed by atoms with Crippen LogP contribution in [0.15, 0.2) is 109 Å². The number of aliphatic hydroxyl groups excluding tert-OH is 1. The van der Waals surface area contributed by atoms with Crippen molar-refractivity contribution in [1.82, 2.24) is 40.0 Å². The summed E-state index contributed by atoms with van der Waals surface area (Å²) >= 11 is 1.59. The summed E-state index contributed by atoms with van der Waals surface area (Å²) in [5.74, 6) is 0.917. The van der Waals surface area contributed by atoms with Crippen LogP contribution in [0.5, 0.6) is 5.75 Å². The average Bonchev–Trinajstić information content (AvgIpc) is 4.12. The Bertz CT molecular complexity index is 3000. The van der Waals surface area contributed by atoms with E-state index in [0.717, 1.165) is 94.0 Å². The minimum absolute atomic E-state index is 0.0264. The number of likely N-dealkylation sites (tertiary alicyclic amines) is 1. The Morgan fingerprint density at radius 1 is 0.863 bits per heavy atom. The van der Waals surface area contributed by atoms with E-state index in [2.05, 4.69) is 20.6 Å². The zero-order valence-electron chi connectivity index (χ0n) is 42.5. The van der Waals surface area contributed by atoms with Crippen LogP contribution in [-0.4, -0.2) is 83.6 Å². The summed E-state index contributed by atoms with van der Waals surface area (Å²) < 4.78 is 8.22. The molecule has 1 fully saturated rings. The number of thiazole rings is 1.